The number of rotatable bonds is 21. The fraction of sp³-hybridized carbons (Fsp3) is 0.714. The Bertz CT molecular complexity index is 1780. The number of ketones is 2. The van der Waals surface area contributed by atoms with Crippen molar-refractivity contribution in [3.05, 3.63) is 30.1 Å². The quantitative estimate of drug-likeness (QED) is 0.0534. The van der Waals surface area contributed by atoms with Crippen LogP contribution in [0, 0.1) is 17.8 Å². The number of Topliss-reactive ketones (excluding diaryl/α,β-unsaturated/α-hetero) is 2. The molecule has 2 saturated heterocycles. The number of carbonyl (C=O) groups is 4. The summed E-state index contributed by atoms with van der Waals surface area (Å²) in [6, 6.07) is 2.66. The second-order valence-corrected chi connectivity index (χ2v) is 18.2. The molecule has 2 aliphatic rings. The number of ether oxygens (including phenoxy) is 5. The summed E-state index contributed by atoms with van der Waals surface area (Å²) in [4.78, 5) is 65.2. The Morgan fingerprint density at radius 2 is 1.81 bits per heavy atom. The van der Waals surface area contributed by atoms with E-state index in [0.717, 1.165) is 0 Å². The van der Waals surface area contributed by atoms with Gasteiger partial charge in [0, 0.05) is 68.0 Å². The molecule has 59 heavy (non-hydrogen) atoms. The van der Waals surface area contributed by atoms with Crippen molar-refractivity contribution in [2.45, 2.75) is 139 Å². The molecule has 2 fully saturated rings. The number of carbonyl (C=O) groups excluding carboxylic acids is 4. The Hall–Kier alpha value is -2.91. The molecule has 4 heterocycles. The van der Waals surface area contributed by atoms with E-state index in [1.54, 1.807) is 40.0 Å². The number of aliphatic hydroxyl groups is 1. The third-order valence-corrected chi connectivity index (χ3v) is 14.0. The molecule has 2 aromatic rings. The van der Waals surface area contributed by atoms with Crippen molar-refractivity contribution in [1.29, 1.82) is 0 Å². The molecule has 0 bridgehead atoms. The van der Waals surface area contributed by atoms with E-state index in [1.807, 2.05) is 68.4 Å². The summed E-state index contributed by atoms with van der Waals surface area (Å²) >= 11 is 1.90. The van der Waals surface area contributed by atoms with E-state index in [1.165, 1.54) is 27.2 Å². The van der Waals surface area contributed by atoms with E-state index in [4.69, 9.17) is 23.7 Å². The predicted octanol–water partition coefficient (Wildman–Crippen LogP) is 3.97. The van der Waals surface area contributed by atoms with E-state index in [0.29, 0.717) is 42.6 Å². The molecule has 1 unspecified atom stereocenters. The van der Waals surface area contributed by atoms with Crippen LogP contribution in [0.25, 0.3) is 11.0 Å². The summed E-state index contributed by atoms with van der Waals surface area (Å²) in [5.41, 5.74) is -0.552. The molecule has 0 amide bonds. The van der Waals surface area contributed by atoms with E-state index in [2.05, 4.69) is 20.2 Å². The Morgan fingerprint density at radius 1 is 1.15 bits per heavy atom. The second kappa shape index (κ2) is 20.3. The fourth-order valence-corrected chi connectivity index (χ4v) is 9.11. The number of hydrogen-bond acceptors (Lipinski definition) is 16. The lowest BCUT2D eigenvalue weighted by Gasteiger charge is -2.47. The monoisotopic (exact) mass is 941 g/mol. The first kappa shape index (κ1) is 48.8. The zero-order chi connectivity index (χ0) is 44.1. The van der Waals surface area contributed by atoms with Gasteiger partial charge in [0.05, 0.1) is 35.0 Å². The average molecular weight is 942 g/mol. The van der Waals surface area contributed by atoms with Gasteiger partial charge in [0.1, 0.15) is 23.6 Å². The van der Waals surface area contributed by atoms with Crippen molar-refractivity contribution in [3.63, 3.8) is 0 Å². The van der Waals surface area contributed by atoms with Crippen molar-refractivity contribution >= 4 is 57.6 Å². The van der Waals surface area contributed by atoms with Crippen molar-refractivity contribution in [3.8, 4) is 5.75 Å². The average Bonchev–Trinajstić information content (AvgIpc) is 3.17. The largest absolute Gasteiger partial charge is 0.506 e. The minimum atomic E-state index is -1.35. The second-order valence-electron chi connectivity index (χ2n) is 17.1. The molecule has 0 aromatic carbocycles. The molecule has 0 spiro atoms. The maximum Gasteiger partial charge on any atom is 0.317 e. The molecule has 4 rings (SSSR count). The lowest BCUT2D eigenvalue weighted by Crippen LogP contribution is -2.65. The van der Waals surface area contributed by atoms with E-state index in [-0.39, 0.29) is 42.2 Å². The van der Waals surface area contributed by atoms with Gasteiger partial charge in [-0.2, -0.15) is 0 Å². The molecule has 2 aromatic heterocycles. The van der Waals surface area contributed by atoms with Crippen LogP contribution in [0.5, 0.6) is 5.75 Å². The van der Waals surface area contributed by atoms with Crippen LogP contribution in [0.3, 0.4) is 0 Å². The fourth-order valence-electron chi connectivity index (χ4n) is 8.17. The first-order valence-corrected chi connectivity index (χ1v) is 21.5. The van der Waals surface area contributed by atoms with Crippen LogP contribution in [-0.2, 0) is 42.9 Å². The lowest BCUT2D eigenvalue weighted by atomic mass is 9.78. The maximum atomic E-state index is 14.3. The minimum Gasteiger partial charge on any atom is -0.506 e. The highest BCUT2D eigenvalue weighted by Crippen LogP contribution is 2.38. The number of hydrogen-bond donors (Lipinski definition) is 3. The number of halogens is 1. The van der Waals surface area contributed by atoms with Crippen LogP contribution in [0.2, 0.25) is 0 Å². The summed E-state index contributed by atoms with van der Waals surface area (Å²) in [6.07, 6.45) is 0.328. The van der Waals surface area contributed by atoms with Gasteiger partial charge >= 0.3 is 5.97 Å². The Labute approximate surface area is 361 Å². The van der Waals surface area contributed by atoms with Gasteiger partial charge in [0.15, 0.2) is 21.8 Å². The third-order valence-electron chi connectivity index (χ3n) is 12.6. The van der Waals surface area contributed by atoms with Crippen LogP contribution in [-0.4, -0.2) is 146 Å². The number of pyridine rings is 2. The summed E-state index contributed by atoms with van der Waals surface area (Å²) in [6.45, 7) is 17.0. The Kier molecular flexibility index (Phi) is 16.8. The van der Waals surface area contributed by atoms with Gasteiger partial charge < -0.3 is 44.1 Å². The zero-order valence-electron chi connectivity index (χ0n) is 36.4. The molecule has 3 N–H and O–H groups in total. The van der Waals surface area contributed by atoms with E-state index < -0.39 is 69.4 Å². The normalized spacial score (nSPS) is 25.9. The highest BCUT2D eigenvalue weighted by molar-refractivity contribution is 14.1. The molecule has 0 radical (unpaired) electrons. The topological polar surface area (TPSA) is 199 Å². The number of nitrogens with one attached hydrogen (secondary N) is 1. The van der Waals surface area contributed by atoms with Gasteiger partial charge in [-0.3, -0.25) is 34.0 Å². The highest BCUT2D eigenvalue weighted by atomic mass is 127. The number of esters is 1. The van der Waals surface area contributed by atoms with Crippen molar-refractivity contribution in [2.75, 3.05) is 34.3 Å². The van der Waals surface area contributed by atoms with Gasteiger partial charge in [-0.1, -0.05) is 13.8 Å². The van der Waals surface area contributed by atoms with Gasteiger partial charge in [0.25, 0.3) is 6.47 Å². The molecule has 16 nitrogen and oxygen atoms in total. The zero-order valence-corrected chi connectivity index (χ0v) is 38.5. The lowest BCUT2D eigenvalue weighted by molar-refractivity contribution is -0.295. The number of methoxy groups -OCH3 is 1. The third kappa shape index (κ3) is 10.9. The number of aromatic nitrogens is 2. The number of fused-ring (bicyclic) bond motifs is 1. The first-order valence-electron chi connectivity index (χ1n) is 20.2. The molecule has 13 atom stereocenters. The number of nitrogens with zero attached hydrogens (tertiary/aromatic N) is 4. The highest BCUT2D eigenvalue weighted by Gasteiger charge is 2.50. The standard InChI is InChI=1S/C42H64IN5O11/c1-22(27(6)50)17-41(8,55-12)37(58-39-36(53)31(47(10)11)16-23(2)57-39)24(3)35(52)25(4)38(54)59-40(43)42(9,56-21-49)28(7)46-29-19-48(20-29)26(5)33-32(51)18-45-30-14-13-15-44-34(30)33/h13-15,18,21-26,28-29,31,36-37,39-40,46,51,53H,16-17,19-20H2,1-12H3/t22-,23-,24+,25-,26?,28-,31+,36-,37-,39+,40+,41-,42+/m1/s1. The minimum absolute atomic E-state index is 0.0220. The van der Waals surface area contributed by atoms with E-state index in [9.17, 15) is 29.4 Å². The first-order chi connectivity index (χ1) is 27.6. The Balaban J connectivity index is 1.47. The summed E-state index contributed by atoms with van der Waals surface area (Å²) in [5.74, 6) is -4.08. The number of likely N-dealkylation sites (tertiary alicyclic amines) is 1. The van der Waals surface area contributed by atoms with Crippen LogP contribution < -0.4 is 5.32 Å². The van der Waals surface area contributed by atoms with Crippen LogP contribution in [0.1, 0.15) is 86.8 Å². The smallest absolute Gasteiger partial charge is 0.317 e. The molecule has 2 aliphatic heterocycles. The van der Waals surface area contributed by atoms with Gasteiger partial charge in [-0.15, -0.1) is 0 Å². The summed E-state index contributed by atoms with van der Waals surface area (Å²) < 4.78 is 29.1. The van der Waals surface area contributed by atoms with Crippen molar-refractivity contribution < 1.29 is 53.1 Å². The van der Waals surface area contributed by atoms with Crippen LogP contribution >= 0.6 is 22.6 Å². The van der Waals surface area contributed by atoms with Crippen LogP contribution in [0.4, 0.5) is 0 Å². The molecule has 330 valence electrons. The maximum absolute atomic E-state index is 14.3. The molecule has 17 heteroatoms. The van der Waals surface area contributed by atoms with Gasteiger partial charge in [-0.25, -0.2) is 0 Å². The van der Waals surface area contributed by atoms with Gasteiger partial charge in [-0.05, 0) is 110 Å². The molecule has 0 aliphatic carbocycles. The number of alkyl halides is 1. The molecular weight excluding hydrogens is 877 g/mol. The van der Waals surface area contributed by atoms with Crippen LogP contribution in [0.15, 0.2) is 24.5 Å². The molecular formula is C42H64IN5O11. The molecule has 0 saturated carbocycles. The Morgan fingerprint density at radius 3 is 2.41 bits per heavy atom. The summed E-state index contributed by atoms with van der Waals surface area (Å²) in [7, 11) is 5.18. The predicted molar refractivity (Wildman–Crippen MR) is 228 cm³/mol. The number of aliphatic hydroxyl groups excluding tert-OH is 1. The SMILES string of the molecule is CO[C@](C)(C[C@@H](C)C(C)=O)[C@H](O[C@@H]1O[C@H](C)C[C@H](N(C)C)[C@H]1O)[C@@H](C)C(=O)[C@@H](C)C(=O)O[C@H](I)[C@@](C)(OC=O)[C@@H](C)NC1CN(C(C)c2c(O)cnc3cccnc23)C1. The van der Waals surface area contributed by atoms with Gasteiger partial charge in [0.2, 0.25) is 0 Å². The summed E-state index contributed by atoms with van der Waals surface area (Å²) in [5, 5.41) is 25.6. The van der Waals surface area contributed by atoms with E-state index >= 15 is 0 Å². The number of likely N-dealkylation sites (N-methyl/N-ethyl adjacent to an activating group) is 1. The van der Waals surface area contributed by atoms with Crippen molar-refractivity contribution in [1.82, 2.24) is 25.1 Å². The number of aromatic hydroxyl groups is 1. The van der Waals surface area contributed by atoms with Crippen molar-refractivity contribution in [2.24, 2.45) is 17.8 Å².